The van der Waals surface area contributed by atoms with E-state index in [1.165, 1.54) is 4.88 Å². The molecule has 24 heavy (non-hydrogen) atoms. The molecule has 0 aliphatic carbocycles. The summed E-state index contributed by atoms with van der Waals surface area (Å²) in [5.74, 6) is -0.266. The third-order valence-electron chi connectivity index (χ3n) is 4.49. The monoisotopic (exact) mass is 345 g/mol. The molecule has 1 fully saturated rings. The van der Waals surface area contributed by atoms with Crippen molar-refractivity contribution in [3.63, 3.8) is 0 Å². The van der Waals surface area contributed by atoms with Crippen LogP contribution in [0.25, 0.3) is 0 Å². The summed E-state index contributed by atoms with van der Waals surface area (Å²) in [7, 11) is 0. The molecule has 6 heteroatoms. The Hall–Kier alpha value is -1.92. The van der Waals surface area contributed by atoms with Crippen LogP contribution in [-0.2, 0) is 6.42 Å². The number of thiophene rings is 1. The first-order valence-electron chi connectivity index (χ1n) is 8.40. The maximum atomic E-state index is 12.8. The molecule has 0 spiro atoms. The van der Waals surface area contributed by atoms with E-state index in [2.05, 4.69) is 16.7 Å². The van der Waals surface area contributed by atoms with Crippen molar-refractivity contribution in [3.8, 4) is 0 Å². The molecule has 0 radical (unpaired) electrons. The topological polar surface area (TPSA) is 63.1 Å². The van der Waals surface area contributed by atoms with Crippen molar-refractivity contribution >= 4 is 17.2 Å². The first-order valence-corrected chi connectivity index (χ1v) is 9.28. The van der Waals surface area contributed by atoms with Gasteiger partial charge in [-0.25, -0.2) is 0 Å². The summed E-state index contributed by atoms with van der Waals surface area (Å²) >= 11 is 1.67. The van der Waals surface area contributed by atoms with Gasteiger partial charge in [-0.05, 0) is 62.4 Å². The second-order valence-corrected chi connectivity index (χ2v) is 7.18. The minimum atomic E-state index is -0.266. The lowest BCUT2D eigenvalue weighted by molar-refractivity contribution is 0.0951. The lowest BCUT2D eigenvalue weighted by atomic mass is 10.0. The maximum Gasteiger partial charge on any atom is 0.263 e. The molecule has 3 heterocycles. The first-order chi connectivity index (χ1) is 11.7. The van der Waals surface area contributed by atoms with E-state index in [0.717, 1.165) is 37.9 Å². The van der Waals surface area contributed by atoms with Crippen molar-refractivity contribution in [2.75, 3.05) is 19.6 Å². The van der Waals surface area contributed by atoms with Crippen LogP contribution in [0.15, 0.2) is 34.6 Å². The summed E-state index contributed by atoms with van der Waals surface area (Å²) in [6.45, 7) is 4.18. The predicted molar refractivity (Wildman–Crippen MR) is 96.9 cm³/mol. The fraction of sp³-hybridized carbons (Fsp3) is 0.444. The Morgan fingerprint density at radius 2 is 2.17 bits per heavy atom. The number of carbonyl (C=O) groups is 1. The molecule has 1 saturated heterocycles. The van der Waals surface area contributed by atoms with Crippen LogP contribution in [0.5, 0.6) is 0 Å². The minimum Gasteiger partial charge on any atom is -0.351 e. The zero-order valence-corrected chi connectivity index (χ0v) is 14.7. The number of hydrogen-bond acceptors (Lipinski definition) is 4. The quantitative estimate of drug-likeness (QED) is 0.872. The average molecular weight is 345 g/mol. The van der Waals surface area contributed by atoms with Gasteiger partial charge in [-0.15, -0.1) is 11.3 Å². The molecule has 3 rings (SSSR count). The summed E-state index contributed by atoms with van der Waals surface area (Å²) in [4.78, 5) is 26.6. The average Bonchev–Trinajstić information content (AvgIpc) is 3.09. The molecule has 2 N–H and O–H groups in total. The Morgan fingerprint density at radius 1 is 1.38 bits per heavy atom. The van der Waals surface area contributed by atoms with E-state index in [-0.39, 0.29) is 23.1 Å². The van der Waals surface area contributed by atoms with Crippen molar-refractivity contribution in [2.45, 2.75) is 32.2 Å². The number of piperidine rings is 1. The normalized spacial score (nSPS) is 15.4. The number of rotatable bonds is 5. The Kier molecular flexibility index (Phi) is 5.48. The van der Waals surface area contributed by atoms with E-state index in [4.69, 9.17) is 0 Å². The minimum absolute atomic E-state index is 0.171. The Morgan fingerprint density at radius 3 is 2.88 bits per heavy atom. The highest BCUT2D eigenvalue weighted by Crippen LogP contribution is 2.17. The van der Waals surface area contributed by atoms with Crippen LogP contribution in [0.4, 0.5) is 0 Å². The molecule has 128 valence electrons. The van der Waals surface area contributed by atoms with E-state index >= 15 is 0 Å². The van der Waals surface area contributed by atoms with E-state index in [0.29, 0.717) is 6.54 Å². The van der Waals surface area contributed by atoms with Gasteiger partial charge in [0.15, 0.2) is 0 Å². The molecule has 2 aromatic rings. The lowest BCUT2D eigenvalue weighted by Gasteiger charge is -2.25. The first kappa shape index (κ1) is 16.9. The molecule has 1 aliphatic rings. The number of carbonyl (C=O) groups excluding carboxylic acids is 1. The SMILES string of the molecule is Cc1ccn(C2CCNCC2)c(=O)c1C(=O)NCCc1cccs1. The van der Waals surface area contributed by atoms with Gasteiger partial charge >= 0.3 is 0 Å². The van der Waals surface area contributed by atoms with Gasteiger partial charge in [0.25, 0.3) is 11.5 Å². The maximum absolute atomic E-state index is 12.8. The van der Waals surface area contributed by atoms with Gasteiger partial charge in [-0.2, -0.15) is 0 Å². The molecular formula is C18H23N3O2S. The van der Waals surface area contributed by atoms with Crippen molar-refractivity contribution in [2.24, 2.45) is 0 Å². The molecule has 1 aliphatic heterocycles. The summed E-state index contributed by atoms with van der Waals surface area (Å²) in [5.41, 5.74) is 0.844. The number of pyridine rings is 1. The van der Waals surface area contributed by atoms with Gasteiger partial charge in [0.2, 0.25) is 0 Å². The highest BCUT2D eigenvalue weighted by molar-refractivity contribution is 7.09. The number of nitrogens with zero attached hydrogens (tertiary/aromatic N) is 1. The Bertz CT molecular complexity index is 746. The molecule has 0 aromatic carbocycles. The van der Waals surface area contributed by atoms with Crippen LogP contribution in [0.2, 0.25) is 0 Å². The van der Waals surface area contributed by atoms with E-state index in [1.54, 1.807) is 15.9 Å². The molecule has 0 bridgehead atoms. The van der Waals surface area contributed by atoms with Crippen molar-refractivity contribution in [1.82, 2.24) is 15.2 Å². The van der Waals surface area contributed by atoms with Crippen LogP contribution in [0.1, 0.15) is 39.7 Å². The molecule has 0 saturated carbocycles. The van der Waals surface area contributed by atoms with Crippen LogP contribution < -0.4 is 16.2 Å². The number of aryl methyl sites for hydroxylation is 1. The number of hydrogen-bond donors (Lipinski definition) is 2. The molecule has 0 atom stereocenters. The van der Waals surface area contributed by atoms with Gasteiger partial charge < -0.3 is 15.2 Å². The second-order valence-electron chi connectivity index (χ2n) is 6.15. The van der Waals surface area contributed by atoms with Gasteiger partial charge in [0.05, 0.1) is 0 Å². The zero-order chi connectivity index (χ0) is 16.9. The fourth-order valence-electron chi connectivity index (χ4n) is 3.13. The third-order valence-corrected chi connectivity index (χ3v) is 5.43. The van der Waals surface area contributed by atoms with Crippen LogP contribution in [-0.4, -0.2) is 30.1 Å². The summed E-state index contributed by atoms with van der Waals surface area (Å²) in [6.07, 6.45) is 4.46. The molecule has 0 unspecified atom stereocenters. The van der Waals surface area contributed by atoms with Crippen molar-refractivity contribution in [3.05, 3.63) is 56.1 Å². The smallest absolute Gasteiger partial charge is 0.263 e. The fourth-order valence-corrected chi connectivity index (χ4v) is 3.84. The van der Waals surface area contributed by atoms with Crippen molar-refractivity contribution in [1.29, 1.82) is 0 Å². The van der Waals surface area contributed by atoms with Crippen molar-refractivity contribution < 1.29 is 4.79 Å². The molecule has 1 amide bonds. The molecular weight excluding hydrogens is 322 g/mol. The Labute approximate surface area is 145 Å². The summed E-state index contributed by atoms with van der Waals surface area (Å²) < 4.78 is 1.74. The summed E-state index contributed by atoms with van der Waals surface area (Å²) in [6, 6.07) is 6.10. The third kappa shape index (κ3) is 3.76. The van der Waals surface area contributed by atoms with E-state index < -0.39 is 0 Å². The number of aromatic nitrogens is 1. The van der Waals surface area contributed by atoms with Gasteiger partial charge in [0.1, 0.15) is 5.56 Å². The van der Waals surface area contributed by atoms with Gasteiger partial charge in [-0.1, -0.05) is 6.07 Å². The van der Waals surface area contributed by atoms with Gasteiger partial charge in [0, 0.05) is 23.7 Å². The highest BCUT2D eigenvalue weighted by atomic mass is 32.1. The standard InChI is InChI=1S/C18H23N3O2S/c1-13-7-11-21(14-4-8-19-9-5-14)18(23)16(13)17(22)20-10-6-15-3-2-12-24-15/h2-3,7,11-12,14,19H,4-6,8-10H2,1H3,(H,20,22). The van der Waals surface area contributed by atoms with E-state index in [1.807, 2.05) is 30.6 Å². The zero-order valence-electron chi connectivity index (χ0n) is 13.9. The van der Waals surface area contributed by atoms with E-state index in [9.17, 15) is 9.59 Å². The molecule has 2 aromatic heterocycles. The predicted octanol–water partition coefficient (Wildman–Crippen LogP) is 2.12. The van der Waals surface area contributed by atoms with Crippen LogP contribution in [0, 0.1) is 6.92 Å². The largest absolute Gasteiger partial charge is 0.351 e. The van der Waals surface area contributed by atoms with Crippen LogP contribution >= 0.6 is 11.3 Å². The number of amides is 1. The summed E-state index contributed by atoms with van der Waals surface area (Å²) in [5, 5.41) is 8.22. The number of nitrogens with one attached hydrogen (secondary N) is 2. The Balaban J connectivity index is 1.73. The second kappa shape index (κ2) is 7.77. The van der Waals surface area contributed by atoms with Crippen LogP contribution in [0.3, 0.4) is 0 Å². The highest BCUT2D eigenvalue weighted by Gasteiger charge is 2.21. The lowest BCUT2D eigenvalue weighted by Crippen LogP contribution is -2.38. The van der Waals surface area contributed by atoms with Gasteiger partial charge in [-0.3, -0.25) is 9.59 Å². The molecule has 5 nitrogen and oxygen atoms in total.